The van der Waals surface area contributed by atoms with E-state index >= 15 is 0 Å². The Hall–Kier alpha value is -1.27. The molecule has 1 rings (SSSR count). The number of hydrogen-bond donors (Lipinski definition) is 0. The Kier molecular flexibility index (Phi) is 7.40. The van der Waals surface area contributed by atoms with Crippen LogP contribution in [0, 0.1) is 0 Å². The molecule has 0 radical (unpaired) electrons. The normalized spacial score (nSPS) is 11.1. The van der Waals surface area contributed by atoms with Crippen LogP contribution in [0.15, 0.2) is 22.4 Å². The van der Waals surface area contributed by atoms with E-state index in [-0.39, 0.29) is 5.97 Å². The molecule has 0 aliphatic rings. The number of methoxy groups -OCH3 is 2. The number of hydrogen-bond acceptors (Lipinski definition) is 6. The average molecular weight is 314 g/mol. The summed E-state index contributed by atoms with van der Waals surface area (Å²) in [6, 6.07) is 5.71. The lowest BCUT2D eigenvalue weighted by Crippen LogP contribution is -1.96. The monoisotopic (exact) mass is 314 g/mol. The smallest absolute Gasteiger partial charge is 0.303 e. The van der Waals surface area contributed by atoms with E-state index in [4.69, 9.17) is 14.2 Å². The van der Waals surface area contributed by atoms with Crippen molar-refractivity contribution in [2.45, 2.75) is 6.92 Å². The van der Waals surface area contributed by atoms with Crippen molar-refractivity contribution in [1.82, 2.24) is 0 Å². The Bertz CT molecular complexity index is 486. The fraction of sp³-hybridized carbons (Fsp3) is 0.357. The molecule has 0 saturated heterocycles. The van der Waals surface area contributed by atoms with Crippen LogP contribution >= 0.6 is 23.5 Å². The molecule has 0 aliphatic heterocycles. The number of carbonyl (C=O) groups is 1. The van der Waals surface area contributed by atoms with Crippen LogP contribution < -0.4 is 9.47 Å². The van der Waals surface area contributed by atoms with Gasteiger partial charge in [-0.05, 0) is 30.0 Å². The highest BCUT2D eigenvalue weighted by molar-refractivity contribution is 8.22. The Morgan fingerprint density at radius 3 is 2.50 bits per heavy atom. The molecule has 0 spiro atoms. The standard InChI is InChI=1S/C14H18O4S2/c1-10(15)18-9-20-14(19-4)8-11-5-6-12(16-2)13(7-11)17-3/h5-8H,9H2,1-4H3/b14-8+. The molecule has 1 aromatic carbocycles. The molecular weight excluding hydrogens is 296 g/mol. The first-order valence-electron chi connectivity index (χ1n) is 5.84. The maximum Gasteiger partial charge on any atom is 0.303 e. The molecule has 0 saturated carbocycles. The molecular formula is C14H18O4S2. The van der Waals surface area contributed by atoms with Crippen LogP contribution in [0.1, 0.15) is 12.5 Å². The van der Waals surface area contributed by atoms with Crippen molar-refractivity contribution in [2.75, 3.05) is 26.4 Å². The van der Waals surface area contributed by atoms with Gasteiger partial charge in [-0.1, -0.05) is 17.8 Å². The fourth-order valence-corrected chi connectivity index (χ4v) is 2.84. The van der Waals surface area contributed by atoms with E-state index in [0.717, 1.165) is 9.80 Å². The summed E-state index contributed by atoms with van der Waals surface area (Å²) in [7, 11) is 3.21. The van der Waals surface area contributed by atoms with Gasteiger partial charge in [-0.15, -0.1) is 11.8 Å². The average Bonchev–Trinajstić information content (AvgIpc) is 2.45. The van der Waals surface area contributed by atoms with Gasteiger partial charge in [0.25, 0.3) is 0 Å². The van der Waals surface area contributed by atoms with Crippen molar-refractivity contribution in [3.8, 4) is 11.5 Å². The summed E-state index contributed by atoms with van der Waals surface area (Å²) in [5.41, 5.74) is 1.00. The summed E-state index contributed by atoms with van der Waals surface area (Å²) < 4.78 is 16.4. The first-order valence-corrected chi connectivity index (χ1v) is 8.05. The predicted molar refractivity (Wildman–Crippen MR) is 85.3 cm³/mol. The lowest BCUT2D eigenvalue weighted by Gasteiger charge is -2.09. The van der Waals surface area contributed by atoms with Crippen LogP contribution in [0.4, 0.5) is 0 Å². The molecule has 4 nitrogen and oxygen atoms in total. The van der Waals surface area contributed by atoms with Gasteiger partial charge in [-0.2, -0.15) is 0 Å². The van der Waals surface area contributed by atoms with E-state index in [0.29, 0.717) is 17.4 Å². The summed E-state index contributed by atoms with van der Waals surface area (Å²) in [6.07, 6.45) is 3.99. The van der Waals surface area contributed by atoms with Gasteiger partial charge in [-0.25, -0.2) is 0 Å². The molecule has 1 aromatic rings. The Morgan fingerprint density at radius 2 is 1.95 bits per heavy atom. The summed E-state index contributed by atoms with van der Waals surface area (Å²) in [5, 5.41) is 0. The summed E-state index contributed by atoms with van der Waals surface area (Å²) in [4.78, 5) is 10.7. The van der Waals surface area contributed by atoms with Crippen LogP contribution in [-0.4, -0.2) is 32.4 Å². The molecule has 110 valence electrons. The summed E-state index contributed by atoms with van der Waals surface area (Å²) >= 11 is 3.08. The number of thioether (sulfide) groups is 2. The minimum Gasteiger partial charge on any atom is -0.493 e. The van der Waals surface area contributed by atoms with Crippen LogP contribution in [0.2, 0.25) is 0 Å². The second-order valence-corrected chi connectivity index (χ2v) is 5.75. The van der Waals surface area contributed by atoms with E-state index in [1.165, 1.54) is 18.7 Å². The number of benzene rings is 1. The predicted octanol–water partition coefficient (Wildman–Crippen LogP) is 3.62. The second-order valence-electron chi connectivity index (χ2n) is 3.68. The molecule has 0 heterocycles. The van der Waals surface area contributed by atoms with Gasteiger partial charge in [0, 0.05) is 11.2 Å². The van der Waals surface area contributed by atoms with E-state index in [2.05, 4.69) is 0 Å². The maximum absolute atomic E-state index is 10.7. The topological polar surface area (TPSA) is 44.8 Å². The summed E-state index contributed by atoms with van der Waals surface area (Å²) in [5.74, 6) is 1.42. The largest absolute Gasteiger partial charge is 0.493 e. The maximum atomic E-state index is 10.7. The molecule has 0 atom stereocenters. The van der Waals surface area contributed by atoms with Crippen molar-refractivity contribution >= 4 is 35.6 Å². The van der Waals surface area contributed by atoms with Crippen LogP contribution in [0.3, 0.4) is 0 Å². The zero-order valence-corrected chi connectivity index (χ0v) is 13.6. The Morgan fingerprint density at radius 1 is 1.25 bits per heavy atom. The van der Waals surface area contributed by atoms with Gasteiger partial charge in [0.2, 0.25) is 0 Å². The molecule has 0 bridgehead atoms. The SMILES string of the molecule is COc1ccc(/C=C(\SC)SCOC(C)=O)cc1OC. The van der Waals surface area contributed by atoms with Crippen molar-refractivity contribution in [3.05, 3.63) is 28.0 Å². The molecule has 0 amide bonds. The van der Waals surface area contributed by atoms with Crippen LogP contribution in [-0.2, 0) is 9.53 Å². The van der Waals surface area contributed by atoms with Gasteiger partial charge >= 0.3 is 5.97 Å². The third-order valence-corrected chi connectivity index (χ3v) is 4.37. The van der Waals surface area contributed by atoms with Crippen molar-refractivity contribution in [3.63, 3.8) is 0 Å². The highest BCUT2D eigenvalue weighted by Crippen LogP contribution is 2.32. The van der Waals surface area contributed by atoms with Crippen LogP contribution in [0.5, 0.6) is 11.5 Å². The zero-order chi connectivity index (χ0) is 15.0. The van der Waals surface area contributed by atoms with Crippen molar-refractivity contribution in [2.24, 2.45) is 0 Å². The Labute approximate surface area is 127 Å². The van der Waals surface area contributed by atoms with E-state index < -0.39 is 0 Å². The van der Waals surface area contributed by atoms with Gasteiger partial charge < -0.3 is 14.2 Å². The number of rotatable bonds is 7. The van der Waals surface area contributed by atoms with E-state index in [1.54, 1.807) is 26.0 Å². The lowest BCUT2D eigenvalue weighted by molar-refractivity contribution is -0.138. The van der Waals surface area contributed by atoms with Gasteiger partial charge in [0.1, 0.15) is 5.94 Å². The molecule has 20 heavy (non-hydrogen) atoms. The third kappa shape index (κ3) is 5.38. The van der Waals surface area contributed by atoms with Gasteiger partial charge in [0.05, 0.1) is 14.2 Å². The van der Waals surface area contributed by atoms with Gasteiger partial charge in [0.15, 0.2) is 11.5 Å². The molecule has 0 aliphatic carbocycles. The minimum absolute atomic E-state index is 0.274. The van der Waals surface area contributed by atoms with Crippen molar-refractivity contribution < 1.29 is 19.0 Å². The molecule has 0 fully saturated rings. The zero-order valence-electron chi connectivity index (χ0n) is 12.0. The highest BCUT2D eigenvalue weighted by atomic mass is 32.2. The van der Waals surface area contributed by atoms with E-state index in [9.17, 15) is 4.79 Å². The van der Waals surface area contributed by atoms with Gasteiger partial charge in [-0.3, -0.25) is 4.79 Å². The highest BCUT2D eigenvalue weighted by Gasteiger charge is 2.05. The fourth-order valence-electron chi connectivity index (χ4n) is 1.41. The molecule has 0 unspecified atom stereocenters. The summed E-state index contributed by atoms with van der Waals surface area (Å²) in [6.45, 7) is 1.40. The molecule has 6 heteroatoms. The first-order chi connectivity index (χ1) is 9.60. The first kappa shape index (κ1) is 16.8. The number of esters is 1. The minimum atomic E-state index is -0.274. The van der Waals surface area contributed by atoms with Crippen LogP contribution in [0.25, 0.3) is 6.08 Å². The number of ether oxygens (including phenoxy) is 3. The third-order valence-electron chi connectivity index (χ3n) is 2.36. The molecule has 0 aromatic heterocycles. The molecule has 0 N–H and O–H groups in total. The number of carbonyl (C=O) groups excluding carboxylic acids is 1. The lowest BCUT2D eigenvalue weighted by atomic mass is 10.2. The second kappa shape index (κ2) is 8.81. The van der Waals surface area contributed by atoms with Crippen molar-refractivity contribution in [1.29, 1.82) is 0 Å². The van der Waals surface area contributed by atoms with E-state index in [1.807, 2.05) is 30.5 Å². The Balaban J connectivity index is 2.81. The quantitative estimate of drug-likeness (QED) is 0.566.